The van der Waals surface area contributed by atoms with Crippen molar-refractivity contribution in [2.45, 2.75) is 19.8 Å². The Labute approximate surface area is 106 Å². The molecular formula is C11H18N3O3P. The molecule has 0 aliphatic heterocycles. The first kappa shape index (κ1) is 14.7. The highest BCUT2D eigenvalue weighted by atomic mass is 31.2. The molecule has 0 atom stereocenters. The van der Waals surface area contributed by atoms with E-state index in [1.165, 1.54) is 0 Å². The van der Waals surface area contributed by atoms with Crippen LogP contribution in [0.3, 0.4) is 0 Å². The fraction of sp³-hybridized carbons (Fsp3) is 0.364. The second-order valence-corrected chi connectivity index (χ2v) is 5.52. The molecule has 0 saturated carbocycles. The van der Waals surface area contributed by atoms with Crippen molar-refractivity contribution in [3.05, 3.63) is 29.8 Å². The van der Waals surface area contributed by atoms with Gasteiger partial charge >= 0.3 is 7.59 Å². The Hall–Kier alpha value is -1.36. The van der Waals surface area contributed by atoms with Gasteiger partial charge in [0.2, 0.25) is 0 Å². The zero-order valence-corrected chi connectivity index (χ0v) is 11.2. The summed E-state index contributed by atoms with van der Waals surface area (Å²) >= 11 is 0. The number of nitrogens with two attached hydrogens (primary N) is 2. The van der Waals surface area contributed by atoms with Crippen molar-refractivity contribution < 1.29 is 14.1 Å². The van der Waals surface area contributed by atoms with Crippen LogP contribution in [0.2, 0.25) is 0 Å². The van der Waals surface area contributed by atoms with E-state index in [1.807, 2.05) is 5.09 Å². The second kappa shape index (κ2) is 6.54. The van der Waals surface area contributed by atoms with Gasteiger partial charge in [-0.1, -0.05) is 13.3 Å². The van der Waals surface area contributed by atoms with E-state index < -0.39 is 13.5 Å². The lowest BCUT2D eigenvalue weighted by molar-refractivity contribution is 0.0980. The zero-order valence-electron chi connectivity index (χ0n) is 10.3. The van der Waals surface area contributed by atoms with Crippen LogP contribution >= 0.6 is 7.59 Å². The Morgan fingerprint density at radius 1 is 1.33 bits per heavy atom. The molecule has 0 spiro atoms. The minimum Gasteiger partial charge on any atom is -0.494 e. The van der Waals surface area contributed by atoms with Crippen LogP contribution in [0.5, 0.6) is 5.75 Å². The van der Waals surface area contributed by atoms with E-state index in [0.29, 0.717) is 17.9 Å². The van der Waals surface area contributed by atoms with Crippen molar-refractivity contribution in [2.75, 3.05) is 6.61 Å². The largest absolute Gasteiger partial charge is 0.494 e. The molecule has 0 saturated heterocycles. The summed E-state index contributed by atoms with van der Waals surface area (Å²) in [6, 6.07) is 6.46. The standard InChI is InChI=1S/C11H18N3O3P/c1-2-3-8-17-10-6-4-9(5-7-10)11(15)14-18(12,13)16/h4-7H,2-3,8H2,1H3,(H5,12,13,14,15,16). The van der Waals surface area contributed by atoms with Crippen LogP contribution in [0.15, 0.2) is 24.3 Å². The van der Waals surface area contributed by atoms with E-state index in [1.54, 1.807) is 24.3 Å². The number of nitrogens with one attached hydrogen (secondary N) is 1. The van der Waals surface area contributed by atoms with Gasteiger partial charge in [0, 0.05) is 5.56 Å². The smallest absolute Gasteiger partial charge is 0.300 e. The average Bonchev–Trinajstić information content (AvgIpc) is 2.28. The number of hydrogen-bond acceptors (Lipinski definition) is 3. The number of hydrogen-bond donors (Lipinski definition) is 3. The molecule has 100 valence electrons. The highest BCUT2D eigenvalue weighted by molar-refractivity contribution is 7.57. The van der Waals surface area contributed by atoms with Gasteiger partial charge in [-0.15, -0.1) is 0 Å². The molecular weight excluding hydrogens is 253 g/mol. The molecule has 1 aromatic rings. The van der Waals surface area contributed by atoms with Gasteiger partial charge in [-0.25, -0.2) is 0 Å². The number of carbonyl (C=O) groups excluding carboxylic acids is 1. The molecule has 0 unspecified atom stereocenters. The molecule has 6 nitrogen and oxygen atoms in total. The third-order valence-electron chi connectivity index (χ3n) is 2.16. The highest BCUT2D eigenvalue weighted by Gasteiger charge is 2.14. The van der Waals surface area contributed by atoms with Crippen LogP contribution in [0.4, 0.5) is 0 Å². The van der Waals surface area contributed by atoms with Crippen molar-refractivity contribution in [1.82, 2.24) is 5.09 Å². The number of rotatable bonds is 6. The van der Waals surface area contributed by atoms with Crippen molar-refractivity contribution >= 4 is 13.5 Å². The highest BCUT2D eigenvalue weighted by Crippen LogP contribution is 2.19. The minimum absolute atomic E-state index is 0.328. The molecule has 18 heavy (non-hydrogen) atoms. The number of carbonyl (C=O) groups is 1. The summed E-state index contributed by atoms with van der Waals surface area (Å²) in [5.74, 6) is 0.118. The minimum atomic E-state index is -3.55. The molecule has 1 aromatic carbocycles. The molecule has 0 heterocycles. The Balaban J connectivity index is 2.59. The average molecular weight is 271 g/mol. The predicted molar refractivity (Wildman–Crippen MR) is 70.3 cm³/mol. The Morgan fingerprint density at radius 2 is 1.94 bits per heavy atom. The lowest BCUT2D eigenvalue weighted by Crippen LogP contribution is -2.28. The van der Waals surface area contributed by atoms with Gasteiger partial charge in [0.05, 0.1) is 6.61 Å². The number of benzene rings is 1. The topological polar surface area (TPSA) is 107 Å². The van der Waals surface area contributed by atoms with Gasteiger partial charge in [0.15, 0.2) is 0 Å². The summed E-state index contributed by atoms with van der Waals surface area (Å²) in [5, 5.41) is 2.04. The summed E-state index contributed by atoms with van der Waals surface area (Å²) in [5.41, 5.74) is 10.5. The van der Waals surface area contributed by atoms with Crippen LogP contribution in [0, 0.1) is 0 Å². The number of unbranched alkanes of at least 4 members (excludes halogenated alkanes) is 1. The maximum absolute atomic E-state index is 11.5. The van der Waals surface area contributed by atoms with Crippen molar-refractivity contribution in [3.8, 4) is 5.75 Å². The van der Waals surface area contributed by atoms with Gasteiger partial charge in [0.25, 0.3) is 5.91 Å². The Kier molecular flexibility index (Phi) is 5.34. The van der Waals surface area contributed by atoms with Crippen LogP contribution in [-0.2, 0) is 4.57 Å². The van der Waals surface area contributed by atoms with Gasteiger partial charge in [-0.3, -0.25) is 25.5 Å². The zero-order chi connectivity index (χ0) is 13.6. The van der Waals surface area contributed by atoms with Crippen molar-refractivity contribution in [1.29, 1.82) is 0 Å². The lowest BCUT2D eigenvalue weighted by atomic mass is 10.2. The third-order valence-corrected chi connectivity index (χ3v) is 2.71. The Morgan fingerprint density at radius 3 is 2.44 bits per heavy atom. The first-order chi connectivity index (χ1) is 8.42. The molecule has 0 aliphatic carbocycles. The van der Waals surface area contributed by atoms with E-state index in [9.17, 15) is 9.36 Å². The van der Waals surface area contributed by atoms with Gasteiger partial charge in [0.1, 0.15) is 5.75 Å². The molecule has 7 heteroatoms. The van der Waals surface area contributed by atoms with E-state index >= 15 is 0 Å². The second-order valence-electron chi connectivity index (χ2n) is 3.88. The quantitative estimate of drug-likeness (QED) is 0.538. The molecule has 5 N–H and O–H groups in total. The summed E-state index contributed by atoms with van der Waals surface area (Å²) < 4.78 is 16.5. The van der Waals surface area contributed by atoms with Gasteiger partial charge < -0.3 is 4.74 Å². The van der Waals surface area contributed by atoms with E-state index in [-0.39, 0.29) is 0 Å². The summed E-state index contributed by atoms with van der Waals surface area (Å²) in [4.78, 5) is 11.5. The van der Waals surface area contributed by atoms with E-state index in [4.69, 9.17) is 15.7 Å². The maximum atomic E-state index is 11.5. The van der Waals surface area contributed by atoms with Crippen molar-refractivity contribution in [3.63, 3.8) is 0 Å². The van der Waals surface area contributed by atoms with Crippen LogP contribution in [-0.4, -0.2) is 12.5 Å². The normalized spacial score (nSPS) is 11.1. The first-order valence-corrected chi connectivity index (χ1v) is 7.49. The molecule has 0 aromatic heterocycles. The van der Waals surface area contributed by atoms with Crippen molar-refractivity contribution in [2.24, 2.45) is 11.0 Å². The number of amides is 1. The van der Waals surface area contributed by atoms with E-state index in [2.05, 4.69) is 6.92 Å². The first-order valence-electron chi connectivity index (χ1n) is 5.65. The fourth-order valence-electron chi connectivity index (χ4n) is 1.26. The van der Waals surface area contributed by atoms with Crippen LogP contribution in [0.1, 0.15) is 30.1 Å². The SMILES string of the molecule is CCCCOc1ccc(C(=O)NP(N)(N)=O)cc1. The van der Waals surface area contributed by atoms with Gasteiger partial charge in [-0.2, -0.15) is 0 Å². The Bertz CT molecular complexity index is 441. The number of ether oxygens (including phenoxy) is 1. The van der Waals surface area contributed by atoms with Crippen LogP contribution in [0.25, 0.3) is 0 Å². The molecule has 0 fully saturated rings. The monoisotopic (exact) mass is 271 g/mol. The molecule has 0 aliphatic rings. The van der Waals surface area contributed by atoms with Gasteiger partial charge in [-0.05, 0) is 30.7 Å². The summed E-state index contributed by atoms with van der Waals surface area (Å²) in [6.45, 7) is 2.72. The van der Waals surface area contributed by atoms with Crippen LogP contribution < -0.4 is 20.8 Å². The molecule has 0 radical (unpaired) electrons. The summed E-state index contributed by atoms with van der Waals surface area (Å²) in [6.07, 6.45) is 2.04. The lowest BCUT2D eigenvalue weighted by Gasteiger charge is -2.09. The predicted octanol–water partition coefficient (Wildman–Crippen LogP) is 1.62. The molecule has 0 bridgehead atoms. The summed E-state index contributed by atoms with van der Waals surface area (Å²) in [7, 11) is -3.55. The fourth-order valence-corrected chi connectivity index (χ4v) is 1.71. The third kappa shape index (κ3) is 5.31. The molecule has 1 amide bonds. The molecule has 1 rings (SSSR count). The maximum Gasteiger partial charge on any atom is 0.300 e. The van der Waals surface area contributed by atoms with E-state index in [0.717, 1.165) is 12.8 Å².